The van der Waals surface area contributed by atoms with Gasteiger partial charge < -0.3 is 8.98 Å². The Labute approximate surface area is 207 Å². The fraction of sp³-hybridized carbons (Fsp3) is 0. The van der Waals surface area contributed by atoms with Crippen LogP contribution in [0, 0.1) is 0 Å². The largest absolute Gasteiger partial charge is 0.455 e. The van der Waals surface area contributed by atoms with Gasteiger partial charge in [-0.25, -0.2) is 0 Å². The molecule has 2 heterocycles. The Morgan fingerprint density at radius 2 is 1.06 bits per heavy atom. The molecule has 0 saturated carbocycles. The average Bonchev–Trinajstić information content (AvgIpc) is 3.50. The molecular weight excluding hydrogens is 438 g/mol. The lowest BCUT2D eigenvalue weighted by molar-refractivity contribution is 0.673. The van der Waals surface area contributed by atoms with Crippen molar-refractivity contribution in [3.63, 3.8) is 0 Å². The Bertz CT molecular complexity index is 2080. The Morgan fingerprint density at radius 3 is 1.86 bits per heavy atom. The Hall–Kier alpha value is -4.82. The predicted molar refractivity (Wildman–Crippen MR) is 151 cm³/mol. The standard InChI is InChI=1S/C34H21NO/c1-2-10-22(11-3-1)23-18-20-24(21-19-23)35-29-16-8-6-14-27(29)32-33(35)26-13-5-4-12-25(26)31-28-15-7-9-17-30(28)36-34(31)32/h1-21H. The molecule has 0 N–H and O–H groups in total. The van der Waals surface area contributed by atoms with Crippen LogP contribution in [0.2, 0.25) is 0 Å². The van der Waals surface area contributed by atoms with E-state index in [1.165, 1.54) is 49.1 Å². The molecule has 8 aromatic rings. The number of hydrogen-bond donors (Lipinski definition) is 0. The molecule has 2 heteroatoms. The summed E-state index contributed by atoms with van der Waals surface area (Å²) in [5, 5.41) is 7.17. The van der Waals surface area contributed by atoms with E-state index < -0.39 is 0 Å². The molecule has 36 heavy (non-hydrogen) atoms. The van der Waals surface area contributed by atoms with E-state index >= 15 is 0 Å². The highest BCUT2D eigenvalue weighted by atomic mass is 16.3. The summed E-state index contributed by atoms with van der Waals surface area (Å²) >= 11 is 0. The van der Waals surface area contributed by atoms with Crippen LogP contribution in [0.5, 0.6) is 0 Å². The van der Waals surface area contributed by atoms with E-state index in [0.29, 0.717) is 0 Å². The summed E-state index contributed by atoms with van der Waals surface area (Å²) in [6.07, 6.45) is 0. The first kappa shape index (κ1) is 19.5. The van der Waals surface area contributed by atoms with Crippen LogP contribution >= 0.6 is 0 Å². The third-order valence-electron chi connectivity index (χ3n) is 7.38. The molecular formula is C34H21NO. The predicted octanol–water partition coefficient (Wildman–Crippen LogP) is 9.50. The zero-order valence-corrected chi connectivity index (χ0v) is 19.5. The van der Waals surface area contributed by atoms with Gasteiger partial charge in [-0.2, -0.15) is 0 Å². The summed E-state index contributed by atoms with van der Waals surface area (Å²) in [5.74, 6) is 0. The number of furan rings is 1. The van der Waals surface area contributed by atoms with Gasteiger partial charge in [0.25, 0.3) is 0 Å². The molecule has 2 nitrogen and oxygen atoms in total. The lowest BCUT2D eigenvalue weighted by atomic mass is 9.99. The first-order valence-corrected chi connectivity index (χ1v) is 12.3. The van der Waals surface area contributed by atoms with Crippen molar-refractivity contribution in [3.8, 4) is 16.8 Å². The van der Waals surface area contributed by atoms with Crippen LogP contribution in [0.1, 0.15) is 0 Å². The van der Waals surface area contributed by atoms with Crippen molar-refractivity contribution in [2.75, 3.05) is 0 Å². The Kier molecular flexibility index (Phi) is 3.97. The minimum absolute atomic E-state index is 0.925. The number of para-hydroxylation sites is 2. The Balaban J connectivity index is 1.54. The zero-order chi connectivity index (χ0) is 23.6. The molecule has 6 aromatic carbocycles. The molecule has 2 aromatic heterocycles. The monoisotopic (exact) mass is 459 g/mol. The number of nitrogens with zero attached hydrogens (tertiary/aromatic N) is 1. The third-order valence-corrected chi connectivity index (χ3v) is 7.38. The number of fused-ring (bicyclic) bond motifs is 10. The van der Waals surface area contributed by atoms with Crippen molar-refractivity contribution in [2.45, 2.75) is 0 Å². The lowest BCUT2D eigenvalue weighted by Gasteiger charge is -2.11. The van der Waals surface area contributed by atoms with Crippen LogP contribution in [0.4, 0.5) is 0 Å². The quantitative estimate of drug-likeness (QED) is 0.252. The van der Waals surface area contributed by atoms with Crippen LogP contribution in [0.3, 0.4) is 0 Å². The molecule has 0 unspecified atom stereocenters. The summed E-state index contributed by atoms with van der Waals surface area (Å²) in [4.78, 5) is 0. The van der Waals surface area contributed by atoms with Gasteiger partial charge in [-0.15, -0.1) is 0 Å². The number of hydrogen-bond acceptors (Lipinski definition) is 1. The summed E-state index contributed by atoms with van der Waals surface area (Å²) in [5.41, 5.74) is 7.82. The SMILES string of the molecule is c1ccc(-c2ccc(-n3c4ccccc4c4c5oc6ccccc6c5c5ccccc5c43)cc2)cc1. The molecule has 0 aliphatic heterocycles. The molecule has 0 radical (unpaired) electrons. The van der Waals surface area contributed by atoms with E-state index in [4.69, 9.17) is 4.42 Å². The van der Waals surface area contributed by atoms with Crippen molar-refractivity contribution in [2.24, 2.45) is 0 Å². The van der Waals surface area contributed by atoms with Gasteiger partial charge in [0.2, 0.25) is 0 Å². The van der Waals surface area contributed by atoms with Gasteiger partial charge in [-0.1, -0.05) is 103 Å². The van der Waals surface area contributed by atoms with Gasteiger partial charge in [0.15, 0.2) is 0 Å². The molecule has 0 atom stereocenters. The van der Waals surface area contributed by atoms with Crippen molar-refractivity contribution in [3.05, 3.63) is 127 Å². The fourth-order valence-corrected chi connectivity index (χ4v) is 5.82. The van der Waals surface area contributed by atoms with Gasteiger partial charge in [0.05, 0.1) is 16.4 Å². The van der Waals surface area contributed by atoms with Crippen molar-refractivity contribution in [1.29, 1.82) is 0 Å². The second kappa shape index (κ2) is 7.34. The maximum absolute atomic E-state index is 6.59. The molecule has 168 valence electrons. The molecule has 0 amide bonds. The molecule has 0 spiro atoms. The first-order valence-electron chi connectivity index (χ1n) is 12.3. The highest BCUT2D eigenvalue weighted by molar-refractivity contribution is 6.35. The molecule has 0 aliphatic carbocycles. The molecule has 0 saturated heterocycles. The fourth-order valence-electron chi connectivity index (χ4n) is 5.82. The number of aromatic nitrogens is 1. The second-order valence-corrected chi connectivity index (χ2v) is 9.34. The number of rotatable bonds is 2. The van der Waals surface area contributed by atoms with E-state index in [1.807, 2.05) is 6.07 Å². The summed E-state index contributed by atoms with van der Waals surface area (Å²) in [6, 6.07) is 45.2. The molecule has 0 aliphatic rings. The molecule has 8 rings (SSSR count). The first-order chi connectivity index (χ1) is 17.9. The average molecular weight is 460 g/mol. The van der Waals surface area contributed by atoms with E-state index in [0.717, 1.165) is 22.2 Å². The van der Waals surface area contributed by atoms with E-state index in [2.05, 4.69) is 126 Å². The lowest BCUT2D eigenvalue weighted by Crippen LogP contribution is -1.94. The van der Waals surface area contributed by atoms with E-state index in [-0.39, 0.29) is 0 Å². The smallest absolute Gasteiger partial charge is 0.146 e. The van der Waals surface area contributed by atoms with Gasteiger partial charge >= 0.3 is 0 Å². The number of benzene rings is 6. The second-order valence-electron chi connectivity index (χ2n) is 9.34. The van der Waals surface area contributed by atoms with Crippen LogP contribution in [-0.2, 0) is 0 Å². The highest BCUT2D eigenvalue weighted by Gasteiger charge is 2.22. The Morgan fingerprint density at radius 1 is 0.444 bits per heavy atom. The minimum Gasteiger partial charge on any atom is -0.455 e. The summed E-state index contributed by atoms with van der Waals surface area (Å²) < 4.78 is 8.99. The van der Waals surface area contributed by atoms with Crippen LogP contribution in [-0.4, -0.2) is 4.57 Å². The van der Waals surface area contributed by atoms with Crippen LogP contribution < -0.4 is 0 Å². The highest BCUT2D eigenvalue weighted by Crippen LogP contribution is 2.45. The van der Waals surface area contributed by atoms with E-state index in [1.54, 1.807) is 0 Å². The molecule has 0 bridgehead atoms. The normalized spacial score (nSPS) is 11.9. The maximum Gasteiger partial charge on any atom is 0.146 e. The van der Waals surface area contributed by atoms with Crippen molar-refractivity contribution >= 4 is 54.5 Å². The van der Waals surface area contributed by atoms with Crippen LogP contribution in [0.15, 0.2) is 132 Å². The molecule has 0 fully saturated rings. The van der Waals surface area contributed by atoms with Crippen LogP contribution in [0.25, 0.3) is 71.3 Å². The van der Waals surface area contributed by atoms with Gasteiger partial charge in [0, 0.05) is 27.2 Å². The van der Waals surface area contributed by atoms with Gasteiger partial charge in [-0.3, -0.25) is 0 Å². The van der Waals surface area contributed by atoms with Crippen molar-refractivity contribution < 1.29 is 4.42 Å². The topological polar surface area (TPSA) is 18.1 Å². The van der Waals surface area contributed by atoms with Crippen molar-refractivity contribution in [1.82, 2.24) is 4.57 Å². The van der Waals surface area contributed by atoms with Gasteiger partial charge in [-0.05, 0) is 40.8 Å². The minimum atomic E-state index is 0.925. The van der Waals surface area contributed by atoms with Gasteiger partial charge in [0.1, 0.15) is 11.2 Å². The zero-order valence-electron chi connectivity index (χ0n) is 19.5. The maximum atomic E-state index is 6.59. The summed E-state index contributed by atoms with van der Waals surface area (Å²) in [6.45, 7) is 0. The summed E-state index contributed by atoms with van der Waals surface area (Å²) in [7, 11) is 0. The third kappa shape index (κ3) is 2.61. The van der Waals surface area contributed by atoms with E-state index in [9.17, 15) is 0 Å².